The van der Waals surface area contributed by atoms with Crippen LogP contribution in [0.2, 0.25) is 0 Å². The molecule has 4 unspecified atom stereocenters. The van der Waals surface area contributed by atoms with Crippen molar-refractivity contribution in [3.63, 3.8) is 0 Å². The lowest BCUT2D eigenvalue weighted by Crippen LogP contribution is -2.43. The lowest BCUT2D eigenvalue weighted by Gasteiger charge is -2.34. The maximum Gasteiger partial charge on any atom is 0.235 e. The van der Waals surface area contributed by atoms with E-state index in [2.05, 4.69) is 50.8 Å². The monoisotopic (exact) mass is 474 g/mol. The zero-order valence-corrected chi connectivity index (χ0v) is 20.2. The van der Waals surface area contributed by atoms with Crippen molar-refractivity contribution in [1.82, 2.24) is 21.2 Å². The number of fused-ring (bicyclic) bond motifs is 3. The van der Waals surface area contributed by atoms with Gasteiger partial charge in [-0.1, -0.05) is 6.07 Å². The number of nitrogens with one attached hydrogen (secondary N) is 4. The molecule has 2 aromatic rings. The first-order chi connectivity index (χ1) is 17.2. The highest BCUT2D eigenvalue weighted by Gasteiger charge is 2.67. The van der Waals surface area contributed by atoms with Crippen LogP contribution in [-0.4, -0.2) is 50.2 Å². The van der Waals surface area contributed by atoms with Gasteiger partial charge in [-0.15, -0.1) is 0 Å². The molecule has 7 rings (SSSR count). The van der Waals surface area contributed by atoms with Crippen molar-refractivity contribution in [2.75, 3.05) is 43.5 Å². The molecule has 1 aromatic carbocycles. The Bertz CT molecular complexity index is 1130. The smallest absolute Gasteiger partial charge is 0.235 e. The fourth-order valence-electron chi connectivity index (χ4n) is 7.37. The highest BCUT2D eigenvalue weighted by Crippen LogP contribution is 2.65. The molecule has 1 amide bonds. The molecule has 4 fully saturated rings. The fraction of sp³-hybridized carbons (Fsp3) is 0.556. The van der Waals surface area contributed by atoms with E-state index in [1.807, 2.05) is 12.1 Å². The Morgan fingerprint density at radius 2 is 2.00 bits per heavy atom. The number of hydrazine groups is 1. The Balaban J connectivity index is 1.04. The van der Waals surface area contributed by atoms with Crippen molar-refractivity contribution < 1.29 is 9.53 Å². The van der Waals surface area contributed by atoms with Crippen LogP contribution in [0.1, 0.15) is 42.9 Å². The van der Waals surface area contributed by atoms with E-state index < -0.39 is 0 Å². The number of ether oxygens (including phenoxy) is 1. The molecule has 2 aliphatic carbocycles. The summed E-state index contributed by atoms with van der Waals surface area (Å²) in [5.41, 5.74) is 10.2. The molecule has 8 nitrogen and oxygen atoms in total. The number of nitrogens with zero attached hydrogens (tertiary/aromatic N) is 2. The summed E-state index contributed by atoms with van der Waals surface area (Å²) in [5.74, 6) is 3.61. The summed E-state index contributed by atoms with van der Waals surface area (Å²) in [5, 5.41) is 6.54. The first-order valence-electron chi connectivity index (χ1n) is 13.1. The number of carbonyl (C=O) groups is 1. The van der Waals surface area contributed by atoms with Gasteiger partial charge >= 0.3 is 0 Å². The Morgan fingerprint density at radius 1 is 1.11 bits per heavy atom. The van der Waals surface area contributed by atoms with Crippen LogP contribution < -0.4 is 31.1 Å². The van der Waals surface area contributed by atoms with Crippen molar-refractivity contribution in [2.45, 2.75) is 43.2 Å². The molecule has 0 bridgehead atoms. The third-order valence-corrected chi connectivity index (χ3v) is 9.31. The average molecular weight is 475 g/mol. The minimum Gasteiger partial charge on any atom is -0.497 e. The van der Waals surface area contributed by atoms with Crippen LogP contribution in [0.15, 0.2) is 36.5 Å². The van der Waals surface area contributed by atoms with Crippen molar-refractivity contribution in [1.29, 1.82) is 0 Å². The van der Waals surface area contributed by atoms with E-state index in [9.17, 15) is 4.79 Å². The molecule has 1 spiro atoms. The predicted octanol–water partition coefficient (Wildman–Crippen LogP) is 2.34. The zero-order valence-electron chi connectivity index (χ0n) is 20.2. The number of benzene rings is 1. The van der Waals surface area contributed by atoms with Gasteiger partial charge in [0, 0.05) is 44.1 Å². The second kappa shape index (κ2) is 8.18. The van der Waals surface area contributed by atoms with Crippen molar-refractivity contribution in [2.24, 2.45) is 17.8 Å². The predicted molar refractivity (Wildman–Crippen MR) is 134 cm³/mol. The lowest BCUT2D eigenvalue weighted by atomic mass is 9.72. The Labute approximate surface area is 206 Å². The molecule has 2 saturated carbocycles. The molecule has 3 aliphatic heterocycles. The average Bonchev–Trinajstić information content (AvgIpc) is 3.44. The molecule has 1 aromatic heterocycles. The number of methoxy groups -OCH3 is 1. The van der Waals surface area contributed by atoms with Gasteiger partial charge in [0.2, 0.25) is 5.91 Å². The molecule has 4 heterocycles. The van der Waals surface area contributed by atoms with Gasteiger partial charge in [0.1, 0.15) is 11.6 Å². The second-order valence-corrected chi connectivity index (χ2v) is 10.9. The van der Waals surface area contributed by atoms with Crippen LogP contribution in [0, 0.1) is 17.8 Å². The summed E-state index contributed by atoms with van der Waals surface area (Å²) in [7, 11) is 1.69. The molecule has 184 valence electrons. The van der Waals surface area contributed by atoms with Gasteiger partial charge in [0.05, 0.1) is 18.6 Å². The molecule has 8 heteroatoms. The number of hydrogen-bond donors (Lipinski definition) is 4. The van der Waals surface area contributed by atoms with Gasteiger partial charge < -0.3 is 20.3 Å². The lowest BCUT2D eigenvalue weighted by molar-refractivity contribution is -0.118. The number of pyridine rings is 1. The first kappa shape index (κ1) is 21.6. The van der Waals surface area contributed by atoms with Crippen molar-refractivity contribution >= 4 is 17.4 Å². The van der Waals surface area contributed by atoms with E-state index in [-0.39, 0.29) is 11.3 Å². The number of aromatic nitrogens is 1. The van der Waals surface area contributed by atoms with E-state index >= 15 is 0 Å². The zero-order chi connectivity index (χ0) is 23.6. The topological polar surface area (TPSA) is 90.6 Å². The molecule has 2 saturated heterocycles. The van der Waals surface area contributed by atoms with E-state index in [0.29, 0.717) is 29.8 Å². The van der Waals surface area contributed by atoms with Crippen molar-refractivity contribution in [3.05, 3.63) is 47.7 Å². The largest absolute Gasteiger partial charge is 0.497 e. The molecular formula is C27H34N6O2. The van der Waals surface area contributed by atoms with Crippen LogP contribution in [0.5, 0.6) is 5.75 Å². The number of piperazine rings is 1. The first-order valence-corrected chi connectivity index (χ1v) is 13.1. The van der Waals surface area contributed by atoms with Gasteiger partial charge in [0.15, 0.2) is 0 Å². The number of rotatable bonds is 4. The molecule has 35 heavy (non-hydrogen) atoms. The maximum absolute atomic E-state index is 13.1. The Kier molecular flexibility index (Phi) is 5.05. The molecule has 0 radical (unpaired) electrons. The summed E-state index contributed by atoms with van der Waals surface area (Å²) in [6, 6.07) is 11.1. The second-order valence-electron chi connectivity index (χ2n) is 10.9. The molecule has 6 atom stereocenters. The number of hydrogen-bond acceptors (Lipinski definition) is 7. The van der Waals surface area contributed by atoms with Crippen LogP contribution >= 0.6 is 0 Å². The summed E-state index contributed by atoms with van der Waals surface area (Å²) in [6.45, 7) is 4.07. The highest BCUT2D eigenvalue weighted by atomic mass is 16.5. The van der Waals surface area contributed by atoms with E-state index in [0.717, 1.165) is 61.8 Å². The van der Waals surface area contributed by atoms with Crippen molar-refractivity contribution in [3.8, 4) is 5.75 Å². The van der Waals surface area contributed by atoms with Gasteiger partial charge in [-0.25, -0.2) is 10.4 Å². The Morgan fingerprint density at radius 3 is 2.80 bits per heavy atom. The number of anilines is 2. The summed E-state index contributed by atoms with van der Waals surface area (Å²) in [6.07, 6.45) is 6.47. The van der Waals surface area contributed by atoms with Crippen LogP contribution in [-0.2, 0) is 10.2 Å². The molecule has 5 aliphatic rings. The van der Waals surface area contributed by atoms with Crippen LogP contribution in [0.25, 0.3) is 0 Å². The quantitative estimate of drug-likeness (QED) is 0.541. The van der Waals surface area contributed by atoms with Gasteiger partial charge in [-0.3, -0.25) is 10.2 Å². The minimum absolute atomic E-state index is 0.180. The van der Waals surface area contributed by atoms with Crippen LogP contribution in [0.4, 0.5) is 11.5 Å². The third kappa shape index (κ3) is 3.37. The van der Waals surface area contributed by atoms with Gasteiger partial charge in [0.25, 0.3) is 0 Å². The number of amides is 1. The van der Waals surface area contributed by atoms with E-state index in [1.54, 1.807) is 7.11 Å². The Hall–Kier alpha value is -2.68. The summed E-state index contributed by atoms with van der Waals surface area (Å²) >= 11 is 0. The summed E-state index contributed by atoms with van der Waals surface area (Å²) < 4.78 is 5.46. The standard InChI is InChI=1S/C27H34N6O2/c1-35-18-4-6-22-20(13-18)27(26(34)30-22)14-21(27)16-2-5-19-23(12-16)31-32-25(19)17-3-7-24(29-15-17)33-10-8-28-9-11-33/h3-4,6-7,13,15-16,19,21,23,25,28,31-32H,2,5,8-12,14H2,1H3,(H,30,34)/t16?,19?,21-,23?,25?,27-/m0/s1. The summed E-state index contributed by atoms with van der Waals surface area (Å²) in [4.78, 5) is 20.2. The fourth-order valence-corrected chi connectivity index (χ4v) is 7.37. The maximum atomic E-state index is 13.1. The molecule has 4 N–H and O–H groups in total. The highest BCUT2D eigenvalue weighted by molar-refractivity contribution is 6.09. The van der Waals surface area contributed by atoms with E-state index in [4.69, 9.17) is 9.72 Å². The number of carbonyl (C=O) groups excluding carboxylic acids is 1. The van der Waals surface area contributed by atoms with Gasteiger partial charge in [-0.05, 0) is 78.8 Å². The van der Waals surface area contributed by atoms with Gasteiger partial charge in [-0.2, -0.15) is 0 Å². The van der Waals surface area contributed by atoms with Crippen LogP contribution in [0.3, 0.4) is 0 Å². The molecular weight excluding hydrogens is 440 g/mol. The van der Waals surface area contributed by atoms with E-state index in [1.165, 1.54) is 18.4 Å². The third-order valence-electron chi connectivity index (χ3n) is 9.31. The SMILES string of the molecule is COc1ccc2c(c1)[C@]1(C[C@H]1C1CCC3C(C1)NNC3c1ccc(N3CCNCC3)nc1)C(=O)N2. The normalized spacial score (nSPS) is 35.5. The minimum atomic E-state index is -0.351.